The number of carbonyl (C=O) groups excluding carboxylic acids is 1. The Morgan fingerprint density at radius 1 is 1.12 bits per heavy atom. The zero-order valence-electron chi connectivity index (χ0n) is 14.0. The van der Waals surface area contributed by atoms with E-state index in [1.807, 2.05) is 26.8 Å². The molecule has 0 spiro atoms. The summed E-state index contributed by atoms with van der Waals surface area (Å²) in [5.74, 6) is 0.00911. The molecule has 0 unspecified atom stereocenters. The number of benzene rings is 2. The fourth-order valence-electron chi connectivity index (χ4n) is 2.22. The number of halogens is 1. The zero-order valence-corrected chi connectivity index (χ0v) is 15.5. The summed E-state index contributed by atoms with van der Waals surface area (Å²) in [5.41, 5.74) is 2.04. The van der Waals surface area contributed by atoms with Gasteiger partial charge in [0.05, 0.1) is 15.5 Å². The van der Waals surface area contributed by atoms with Crippen molar-refractivity contribution in [3.63, 3.8) is 0 Å². The smallest absolute Gasteiger partial charge is 0.345 e. The summed E-state index contributed by atoms with van der Waals surface area (Å²) in [4.78, 5) is 12.4. The molecule has 4 nitrogen and oxygen atoms in total. The standard InChI is InChI=1S/C18H19ClO4S/c1-11(2)13-7-12(3)8-14(9-13)23-18(20)16-10-15(24(4,21)22)5-6-17(16)19/h5-11H,1-4H3. The zero-order chi connectivity index (χ0) is 18.1. The van der Waals surface area contributed by atoms with E-state index in [9.17, 15) is 13.2 Å². The Hall–Kier alpha value is -1.85. The number of aryl methyl sites for hydroxylation is 1. The number of carbonyl (C=O) groups is 1. The molecule has 0 atom stereocenters. The molecule has 24 heavy (non-hydrogen) atoms. The van der Waals surface area contributed by atoms with Gasteiger partial charge in [-0.2, -0.15) is 0 Å². The summed E-state index contributed by atoms with van der Waals surface area (Å²) >= 11 is 6.02. The normalized spacial score (nSPS) is 11.6. The predicted molar refractivity (Wildman–Crippen MR) is 94.8 cm³/mol. The van der Waals surface area contributed by atoms with Crippen LogP contribution in [0, 0.1) is 6.92 Å². The van der Waals surface area contributed by atoms with Gasteiger partial charge < -0.3 is 4.74 Å². The molecule has 0 amide bonds. The second-order valence-electron chi connectivity index (χ2n) is 6.04. The topological polar surface area (TPSA) is 60.4 Å². The maximum Gasteiger partial charge on any atom is 0.345 e. The first-order valence-electron chi connectivity index (χ1n) is 7.41. The first-order valence-corrected chi connectivity index (χ1v) is 9.68. The molecule has 0 radical (unpaired) electrons. The van der Waals surface area contributed by atoms with Gasteiger partial charge in [0.25, 0.3) is 0 Å². The van der Waals surface area contributed by atoms with Gasteiger partial charge in [-0.3, -0.25) is 0 Å². The van der Waals surface area contributed by atoms with Crippen LogP contribution in [0.2, 0.25) is 5.02 Å². The first-order chi connectivity index (χ1) is 11.1. The molecule has 0 aromatic heterocycles. The van der Waals surface area contributed by atoms with Crippen LogP contribution >= 0.6 is 11.6 Å². The van der Waals surface area contributed by atoms with Crippen molar-refractivity contribution in [3.8, 4) is 5.75 Å². The van der Waals surface area contributed by atoms with Crippen molar-refractivity contribution in [1.82, 2.24) is 0 Å². The Kier molecular flexibility index (Phi) is 5.35. The van der Waals surface area contributed by atoms with Gasteiger partial charge in [0.2, 0.25) is 0 Å². The van der Waals surface area contributed by atoms with Crippen molar-refractivity contribution in [2.24, 2.45) is 0 Å². The molecule has 6 heteroatoms. The van der Waals surface area contributed by atoms with E-state index in [1.165, 1.54) is 18.2 Å². The lowest BCUT2D eigenvalue weighted by molar-refractivity contribution is 0.0734. The monoisotopic (exact) mass is 366 g/mol. The molecule has 0 aliphatic carbocycles. The average molecular weight is 367 g/mol. The van der Waals surface area contributed by atoms with E-state index in [0.29, 0.717) is 11.7 Å². The van der Waals surface area contributed by atoms with Crippen molar-refractivity contribution < 1.29 is 17.9 Å². The van der Waals surface area contributed by atoms with Crippen LogP contribution in [0.1, 0.15) is 41.3 Å². The molecule has 0 aliphatic heterocycles. The lowest BCUT2D eigenvalue weighted by Gasteiger charge is -2.11. The van der Waals surface area contributed by atoms with Gasteiger partial charge in [-0.05, 0) is 54.3 Å². The molecule has 2 aromatic rings. The minimum Gasteiger partial charge on any atom is -0.423 e. The van der Waals surface area contributed by atoms with Crippen molar-refractivity contribution in [2.75, 3.05) is 6.26 Å². The highest BCUT2D eigenvalue weighted by Crippen LogP contribution is 2.26. The third kappa shape index (κ3) is 4.36. The molecule has 0 fully saturated rings. The summed E-state index contributed by atoms with van der Waals surface area (Å²) in [6.07, 6.45) is 1.07. The van der Waals surface area contributed by atoms with E-state index in [2.05, 4.69) is 0 Å². The average Bonchev–Trinajstić information content (AvgIpc) is 2.45. The quantitative estimate of drug-likeness (QED) is 0.594. The summed E-state index contributed by atoms with van der Waals surface area (Å²) in [5, 5.41) is 0.143. The highest BCUT2D eigenvalue weighted by molar-refractivity contribution is 7.90. The number of rotatable bonds is 4. The number of ether oxygens (including phenoxy) is 1. The third-order valence-corrected chi connectivity index (χ3v) is 4.98. The molecule has 0 bridgehead atoms. The van der Waals surface area contributed by atoms with Gasteiger partial charge in [-0.25, -0.2) is 13.2 Å². The molecule has 0 heterocycles. The van der Waals surface area contributed by atoms with Crippen molar-refractivity contribution in [2.45, 2.75) is 31.6 Å². The van der Waals surface area contributed by atoms with E-state index in [-0.39, 0.29) is 15.5 Å². The summed E-state index contributed by atoms with van der Waals surface area (Å²) in [6, 6.07) is 9.54. The van der Waals surface area contributed by atoms with Gasteiger partial charge in [-0.15, -0.1) is 0 Å². The maximum absolute atomic E-state index is 12.4. The summed E-state index contributed by atoms with van der Waals surface area (Å²) in [6.45, 7) is 6.01. The van der Waals surface area contributed by atoms with Crippen molar-refractivity contribution in [3.05, 3.63) is 58.1 Å². The Morgan fingerprint density at radius 3 is 2.38 bits per heavy atom. The van der Waals surface area contributed by atoms with Crippen LogP contribution in [0.25, 0.3) is 0 Å². The summed E-state index contributed by atoms with van der Waals surface area (Å²) < 4.78 is 28.7. The second kappa shape index (κ2) is 6.95. The largest absolute Gasteiger partial charge is 0.423 e. The van der Waals surface area contributed by atoms with Crippen molar-refractivity contribution >= 4 is 27.4 Å². The lowest BCUT2D eigenvalue weighted by Crippen LogP contribution is -2.11. The lowest BCUT2D eigenvalue weighted by atomic mass is 10.0. The molecule has 2 rings (SSSR count). The number of hydrogen-bond donors (Lipinski definition) is 0. The third-order valence-electron chi connectivity index (χ3n) is 3.54. The molecule has 128 valence electrons. The van der Waals surface area contributed by atoms with Crippen LogP contribution in [0.3, 0.4) is 0 Å². The molecular weight excluding hydrogens is 348 g/mol. The Balaban J connectivity index is 2.37. The maximum atomic E-state index is 12.4. The molecule has 0 aliphatic rings. The van der Waals surface area contributed by atoms with Crippen LogP contribution in [-0.4, -0.2) is 20.6 Å². The Labute approximate surface area is 147 Å². The van der Waals surface area contributed by atoms with E-state index >= 15 is 0 Å². The second-order valence-corrected chi connectivity index (χ2v) is 8.46. The SMILES string of the molecule is Cc1cc(OC(=O)c2cc(S(C)(=O)=O)ccc2Cl)cc(C(C)C)c1. The predicted octanol–water partition coefficient (Wildman–Crippen LogP) is 4.39. The van der Waals surface area contributed by atoms with Gasteiger partial charge in [0.1, 0.15) is 5.75 Å². The van der Waals surface area contributed by atoms with E-state index in [1.54, 1.807) is 12.1 Å². The molecule has 0 N–H and O–H groups in total. The highest BCUT2D eigenvalue weighted by Gasteiger charge is 2.18. The minimum absolute atomic E-state index is 0.0194. The van der Waals surface area contributed by atoms with E-state index < -0.39 is 15.8 Å². The fraction of sp³-hybridized carbons (Fsp3) is 0.278. The molecule has 0 saturated carbocycles. The van der Waals surface area contributed by atoms with Gasteiger partial charge in [0.15, 0.2) is 9.84 Å². The fourth-order valence-corrected chi connectivity index (χ4v) is 3.06. The number of hydrogen-bond acceptors (Lipinski definition) is 4. The van der Waals surface area contributed by atoms with E-state index in [0.717, 1.165) is 17.4 Å². The van der Waals surface area contributed by atoms with Crippen LogP contribution in [0.15, 0.2) is 41.3 Å². The minimum atomic E-state index is -3.44. The van der Waals surface area contributed by atoms with Crippen LogP contribution in [0.5, 0.6) is 5.75 Å². The van der Waals surface area contributed by atoms with Crippen LogP contribution in [0.4, 0.5) is 0 Å². The Morgan fingerprint density at radius 2 is 1.79 bits per heavy atom. The highest BCUT2D eigenvalue weighted by atomic mass is 35.5. The summed E-state index contributed by atoms with van der Waals surface area (Å²) in [7, 11) is -3.44. The number of sulfone groups is 1. The molecular formula is C18H19ClO4S. The van der Waals surface area contributed by atoms with Gasteiger partial charge >= 0.3 is 5.97 Å². The number of esters is 1. The molecule has 0 saturated heterocycles. The van der Waals surface area contributed by atoms with E-state index in [4.69, 9.17) is 16.3 Å². The van der Waals surface area contributed by atoms with Gasteiger partial charge in [-0.1, -0.05) is 31.5 Å². The van der Waals surface area contributed by atoms with Crippen LogP contribution < -0.4 is 4.74 Å². The first kappa shape index (κ1) is 18.5. The Bertz CT molecular complexity index is 886. The molecule has 2 aromatic carbocycles. The van der Waals surface area contributed by atoms with Gasteiger partial charge in [0, 0.05) is 6.26 Å². The van der Waals surface area contributed by atoms with Crippen LogP contribution in [-0.2, 0) is 9.84 Å². The van der Waals surface area contributed by atoms with Crippen molar-refractivity contribution in [1.29, 1.82) is 0 Å².